The number of hydrogen-bond acceptors (Lipinski definition) is 4. The molecule has 2 N–H and O–H groups in total. The van der Waals surface area contributed by atoms with Crippen molar-refractivity contribution in [2.45, 2.75) is 13.3 Å². The zero-order valence-corrected chi connectivity index (χ0v) is 13.4. The number of carbonyl (C=O) groups is 1. The lowest BCUT2D eigenvalue weighted by molar-refractivity contribution is 0.252. The molecule has 2 aromatic heterocycles. The van der Waals surface area contributed by atoms with Crippen LogP contribution in [0.15, 0.2) is 30.5 Å². The van der Waals surface area contributed by atoms with E-state index >= 15 is 0 Å². The fourth-order valence-corrected chi connectivity index (χ4v) is 2.99. The maximum atomic E-state index is 11.8. The average Bonchev–Trinajstić information content (AvgIpc) is 2.98. The van der Waals surface area contributed by atoms with Gasteiger partial charge in [0.2, 0.25) is 4.96 Å². The summed E-state index contributed by atoms with van der Waals surface area (Å²) >= 11 is 7.32. The van der Waals surface area contributed by atoms with Crippen LogP contribution < -0.4 is 10.6 Å². The summed E-state index contributed by atoms with van der Waals surface area (Å²) in [7, 11) is 0. The molecule has 2 heterocycles. The van der Waals surface area contributed by atoms with Crippen molar-refractivity contribution >= 4 is 39.6 Å². The Morgan fingerprint density at radius 1 is 1.36 bits per heavy atom. The molecule has 0 fully saturated rings. The minimum absolute atomic E-state index is 0.250. The van der Waals surface area contributed by atoms with E-state index in [-0.39, 0.29) is 6.03 Å². The molecule has 2 amide bonds. The normalized spacial score (nSPS) is 10.8. The number of fused-ring (bicyclic) bond motifs is 1. The van der Waals surface area contributed by atoms with Crippen LogP contribution in [0.3, 0.4) is 0 Å². The molecule has 114 valence electrons. The molecule has 0 spiro atoms. The molecule has 0 atom stereocenters. The van der Waals surface area contributed by atoms with Crippen LogP contribution in [0.25, 0.3) is 4.96 Å². The fraction of sp³-hybridized carbons (Fsp3) is 0.214. The number of urea groups is 1. The van der Waals surface area contributed by atoms with E-state index in [0.717, 1.165) is 15.7 Å². The first-order chi connectivity index (χ1) is 10.6. The summed E-state index contributed by atoms with van der Waals surface area (Å²) < 4.78 is 1.77. The van der Waals surface area contributed by atoms with Crippen molar-refractivity contribution < 1.29 is 4.79 Å². The first kappa shape index (κ1) is 14.8. The SMILES string of the molecule is Cc1cn2nc(CCNC(=O)Nc3ccc(Cl)cc3)sc2n1. The van der Waals surface area contributed by atoms with Crippen molar-refractivity contribution in [1.29, 1.82) is 0 Å². The number of aromatic nitrogens is 3. The number of aryl methyl sites for hydroxylation is 1. The number of nitrogens with zero attached hydrogens (tertiary/aromatic N) is 3. The summed E-state index contributed by atoms with van der Waals surface area (Å²) in [5.41, 5.74) is 1.65. The predicted octanol–water partition coefficient (Wildman–Crippen LogP) is 3.12. The van der Waals surface area contributed by atoms with Gasteiger partial charge < -0.3 is 10.6 Å². The molecule has 22 heavy (non-hydrogen) atoms. The molecule has 0 aliphatic rings. The van der Waals surface area contributed by atoms with Crippen LogP contribution in [0.5, 0.6) is 0 Å². The molecule has 0 radical (unpaired) electrons. The van der Waals surface area contributed by atoms with E-state index in [1.165, 1.54) is 11.3 Å². The van der Waals surface area contributed by atoms with Crippen molar-refractivity contribution in [3.63, 3.8) is 0 Å². The molecule has 0 aliphatic carbocycles. The number of hydrogen-bond donors (Lipinski definition) is 2. The molecule has 8 heteroatoms. The molecule has 3 aromatic rings. The monoisotopic (exact) mass is 335 g/mol. The smallest absolute Gasteiger partial charge is 0.319 e. The lowest BCUT2D eigenvalue weighted by Gasteiger charge is -2.06. The van der Waals surface area contributed by atoms with Crippen LogP contribution in [0, 0.1) is 6.92 Å². The van der Waals surface area contributed by atoms with E-state index < -0.39 is 0 Å². The highest BCUT2D eigenvalue weighted by Crippen LogP contribution is 2.15. The van der Waals surface area contributed by atoms with Gasteiger partial charge in [0, 0.05) is 23.7 Å². The molecule has 0 aliphatic heterocycles. The number of halogens is 1. The van der Waals surface area contributed by atoms with E-state index in [2.05, 4.69) is 20.7 Å². The second-order valence-electron chi connectivity index (χ2n) is 4.74. The Balaban J connectivity index is 1.48. The topological polar surface area (TPSA) is 71.3 Å². The Labute approximate surface area is 136 Å². The van der Waals surface area contributed by atoms with Crippen molar-refractivity contribution in [2.75, 3.05) is 11.9 Å². The molecule has 0 unspecified atom stereocenters. The van der Waals surface area contributed by atoms with E-state index in [1.807, 2.05) is 13.1 Å². The fourth-order valence-electron chi connectivity index (χ4n) is 1.94. The molecular weight excluding hydrogens is 322 g/mol. The van der Waals surface area contributed by atoms with Crippen molar-refractivity contribution in [3.8, 4) is 0 Å². The van der Waals surface area contributed by atoms with Gasteiger partial charge in [-0.05, 0) is 31.2 Å². The molecule has 0 saturated heterocycles. The summed E-state index contributed by atoms with van der Waals surface area (Å²) in [4.78, 5) is 17.0. The number of carbonyl (C=O) groups excluding carboxylic acids is 1. The molecule has 1 aromatic carbocycles. The average molecular weight is 336 g/mol. The molecule has 0 bridgehead atoms. The van der Waals surface area contributed by atoms with Gasteiger partial charge in [-0.3, -0.25) is 0 Å². The standard InChI is InChI=1S/C14H14ClN5OS/c1-9-8-20-14(17-9)22-12(19-20)6-7-16-13(21)18-11-4-2-10(15)3-5-11/h2-5,8H,6-7H2,1H3,(H2,16,18,21). The maximum absolute atomic E-state index is 11.8. The lowest BCUT2D eigenvalue weighted by Crippen LogP contribution is -2.30. The van der Waals surface area contributed by atoms with E-state index in [1.54, 1.807) is 28.8 Å². The number of amides is 2. The van der Waals surface area contributed by atoms with Crippen molar-refractivity contribution in [3.05, 3.63) is 46.2 Å². The molecule has 3 rings (SSSR count). The van der Waals surface area contributed by atoms with Gasteiger partial charge in [0.15, 0.2) is 0 Å². The van der Waals surface area contributed by atoms with Gasteiger partial charge in [-0.1, -0.05) is 22.9 Å². The van der Waals surface area contributed by atoms with Gasteiger partial charge in [-0.15, -0.1) is 0 Å². The highest BCUT2D eigenvalue weighted by molar-refractivity contribution is 7.16. The van der Waals surface area contributed by atoms with Gasteiger partial charge in [0.1, 0.15) is 5.01 Å². The molecule has 6 nitrogen and oxygen atoms in total. The Morgan fingerprint density at radius 3 is 2.86 bits per heavy atom. The molecule has 0 saturated carbocycles. The largest absolute Gasteiger partial charge is 0.337 e. The van der Waals surface area contributed by atoms with Crippen LogP contribution in [-0.2, 0) is 6.42 Å². The van der Waals surface area contributed by atoms with Gasteiger partial charge in [0.25, 0.3) is 0 Å². The number of rotatable bonds is 4. The first-order valence-corrected chi connectivity index (χ1v) is 7.92. The van der Waals surface area contributed by atoms with Crippen LogP contribution in [0.1, 0.15) is 10.7 Å². The summed E-state index contributed by atoms with van der Waals surface area (Å²) in [5.74, 6) is 0. The summed E-state index contributed by atoms with van der Waals surface area (Å²) in [5, 5.41) is 11.5. The highest BCUT2D eigenvalue weighted by atomic mass is 35.5. The van der Waals surface area contributed by atoms with Gasteiger partial charge in [0.05, 0.1) is 11.9 Å². The number of nitrogens with one attached hydrogen (secondary N) is 2. The Bertz CT molecular complexity index is 764. The number of benzene rings is 1. The van der Waals surface area contributed by atoms with Crippen LogP contribution in [-0.4, -0.2) is 27.2 Å². The maximum Gasteiger partial charge on any atom is 0.319 e. The predicted molar refractivity (Wildman–Crippen MR) is 87.8 cm³/mol. The Morgan fingerprint density at radius 2 is 2.14 bits per heavy atom. The van der Waals surface area contributed by atoms with E-state index in [9.17, 15) is 4.79 Å². The first-order valence-electron chi connectivity index (χ1n) is 6.72. The third-order valence-corrected chi connectivity index (χ3v) is 4.17. The summed E-state index contributed by atoms with van der Waals surface area (Å²) in [6, 6.07) is 6.70. The van der Waals surface area contributed by atoms with Crippen LogP contribution in [0.4, 0.5) is 10.5 Å². The molecular formula is C14H14ClN5OS. The minimum Gasteiger partial charge on any atom is -0.337 e. The van der Waals surface area contributed by atoms with Crippen molar-refractivity contribution in [2.24, 2.45) is 0 Å². The second kappa shape index (κ2) is 6.33. The second-order valence-corrected chi connectivity index (χ2v) is 6.22. The lowest BCUT2D eigenvalue weighted by atomic mass is 10.3. The summed E-state index contributed by atoms with van der Waals surface area (Å²) in [6.45, 7) is 2.44. The third-order valence-electron chi connectivity index (χ3n) is 2.93. The zero-order valence-electron chi connectivity index (χ0n) is 11.8. The number of anilines is 1. The zero-order chi connectivity index (χ0) is 15.5. The van der Waals surface area contributed by atoms with E-state index in [0.29, 0.717) is 23.7 Å². The van der Waals surface area contributed by atoms with Crippen LogP contribution in [0.2, 0.25) is 5.02 Å². The summed E-state index contributed by atoms with van der Waals surface area (Å²) in [6.07, 6.45) is 2.55. The Hall–Kier alpha value is -2.12. The third kappa shape index (κ3) is 3.55. The van der Waals surface area contributed by atoms with Gasteiger partial charge in [-0.2, -0.15) is 5.10 Å². The highest BCUT2D eigenvalue weighted by Gasteiger charge is 2.07. The van der Waals surface area contributed by atoms with E-state index in [4.69, 9.17) is 11.6 Å². The quantitative estimate of drug-likeness (QED) is 0.769. The number of imidazole rings is 1. The minimum atomic E-state index is -0.250. The van der Waals surface area contributed by atoms with Crippen LogP contribution >= 0.6 is 22.9 Å². The van der Waals surface area contributed by atoms with Crippen molar-refractivity contribution in [1.82, 2.24) is 19.9 Å². The Kier molecular flexibility index (Phi) is 4.26. The van der Waals surface area contributed by atoms with Gasteiger partial charge >= 0.3 is 6.03 Å². The van der Waals surface area contributed by atoms with Gasteiger partial charge in [-0.25, -0.2) is 14.3 Å².